The van der Waals surface area contributed by atoms with Crippen LogP contribution in [0.1, 0.15) is 58.8 Å². The Morgan fingerprint density at radius 3 is 2.37 bits per heavy atom. The maximum Gasteiger partial charge on any atom is 0.317 e. The minimum atomic E-state index is 0.0958. The van der Waals surface area contributed by atoms with Crippen LogP contribution in [0.3, 0.4) is 0 Å². The third-order valence-corrected chi connectivity index (χ3v) is 4.05. The average Bonchev–Trinajstić information content (AvgIpc) is 2.45. The van der Waals surface area contributed by atoms with Gasteiger partial charge in [0.2, 0.25) is 0 Å². The highest BCUT2D eigenvalue weighted by Crippen LogP contribution is 2.22. The first kappa shape index (κ1) is 16.3. The van der Waals surface area contributed by atoms with Crippen molar-refractivity contribution in [3.8, 4) is 0 Å². The molecule has 1 aliphatic carbocycles. The molecule has 1 aliphatic rings. The van der Waals surface area contributed by atoms with Gasteiger partial charge in [-0.2, -0.15) is 0 Å². The summed E-state index contributed by atoms with van der Waals surface area (Å²) in [7, 11) is 1.94. The van der Waals surface area contributed by atoms with Gasteiger partial charge in [0.25, 0.3) is 0 Å². The first-order chi connectivity index (χ1) is 9.19. The maximum absolute atomic E-state index is 12.0. The van der Waals surface area contributed by atoms with Crippen molar-refractivity contribution < 1.29 is 4.79 Å². The van der Waals surface area contributed by atoms with Crippen molar-refractivity contribution in [1.82, 2.24) is 15.5 Å². The van der Waals surface area contributed by atoms with Gasteiger partial charge >= 0.3 is 6.03 Å². The zero-order chi connectivity index (χ0) is 14.1. The van der Waals surface area contributed by atoms with Crippen LogP contribution in [0.15, 0.2) is 0 Å². The molecule has 0 bridgehead atoms. The second-order valence-corrected chi connectivity index (χ2v) is 5.66. The summed E-state index contributed by atoms with van der Waals surface area (Å²) in [5, 5.41) is 6.58. The van der Waals surface area contributed by atoms with E-state index in [2.05, 4.69) is 24.5 Å². The van der Waals surface area contributed by atoms with Gasteiger partial charge in [0.1, 0.15) is 0 Å². The molecule has 0 heterocycles. The number of amides is 2. The van der Waals surface area contributed by atoms with Crippen molar-refractivity contribution in [2.24, 2.45) is 0 Å². The van der Waals surface area contributed by atoms with Crippen LogP contribution in [-0.2, 0) is 0 Å². The lowest BCUT2D eigenvalue weighted by Crippen LogP contribution is -2.47. The normalized spacial score (nSPS) is 23.1. The van der Waals surface area contributed by atoms with E-state index in [0.29, 0.717) is 12.1 Å². The summed E-state index contributed by atoms with van der Waals surface area (Å²) in [5.41, 5.74) is 0. The van der Waals surface area contributed by atoms with Gasteiger partial charge in [0, 0.05) is 25.7 Å². The molecule has 0 radical (unpaired) electrons. The van der Waals surface area contributed by atoms with Crippen LogP contribution >= 0.6 is 0 Å². The fourth-order valence-electron chi connectivity index (χ4n) is 2.68. The second kappa shape index (κ2) is 9.18. The summed E-state index contributed by atoms with van der Waals surface area (Å²) >= 11 is 0. The standard InChI is InChI=1S/C15H31N3O/c1-4-6-12-17-15(19)18(3)14-9-7-13(8-10-14)16-11-5-2/h13-14,16H,4-12H2,1-3H3,(H,17,19). The van der Waals surface area contributed by atoms with E-state index in [9.17, 15) is 4.79 Å². The number of nitrogens with zero attached hydrogens (tertiary/aromatic N) is 1. The molecule has 0 aromatic heterocycles. The number of rotatable bonds is 7. The van der Waals surface area contributed by atoms with Gasteiger partial charge in [-0.1, -0.05) is 20.3 Å². The van der Waals surface area contributed by atoms with E-state index in [1.165, 1.54) is 19.3 Å². The van der Waals surface area contributed by atoms with Crippen molar-refractivity contribution in [2.45, 2.75) is 70.9 Å². The van der Waals surface area contributed by atoms with Crippen LogP contribution in [0, 0.1) is 0 Å². The van der Waals surface area contributed by atoms with E-state index < -0.39 is 0 Å². The molecule has 1 rings (SSSR count). The quantitative estimate of drug-likeness (QED) is 0.698. The summed E-state index contributed by atoms with van der Waals surface area (Å²) < 4.78 is 0. The molecular formula is C15H31N3O. The zero-order valence-corrected chi connectivity index (χ0v) is 12.9. The van der Waals surface area contributed by atoms with E-state index in [0.717, 1.165) is 38.8 Å². The molecule has 0 aromatic rings. The third kappa shape index (κ3) is 5.81. The van der Waals surface area contributed by atoms with Crippen LogP contribution in [0.2, 0.25) is 0 Å². The minimum absolute atomic E-state index is 0.0958. The Balaban J connectivity index is 2.23. The van der Waals surface area contributed by atoms with Gasteiger partial charge < -0.3 is 15.5 Å². The zero-order valence-electron chi connectivity index (χ0n) is 12.9. The molecule has 0 aromatic carbocycles. The molecule has 1 fully saturated rings. The van der Waals surface area contributed by atoms with E-state index >= 15 is 0 Å². The van der Waals surface area contributed by atoms with E-state index in [-0.39, 0.29) is 6.03 Å². The highest BCUT2D eigenvalue weighted by atomic mass is 16.2. The Morgan fingerprint density at radius 1 is 1.11 bits per heavy atom. The summed E-state index contributed by atoms with van der Waals surface area (Å²) in [4.78, 5) is 13.9. The van der Waals surface area contributed by atoms with Crippen LogP contribution in [0.5, 0.6) is 0 Å². The molecule has 0 atom stereocenters. The Bertz CT molecular complexity index is 250. The van der Waals surface area contributed by atoms with Crippen LogP contribution in [0.25, 0.3) is 0 Å². The van der Waals surface area contributed by atoms with Crippen molar-refractivity contribution in [2.75, 3.05) is 20.1 Å². The molecule has 2 amide bonds. The Kier molecular flexibility index (Phi) is 7.87. The maximum atomic E-state index is 12.0. The van der Waals surface area contributed by atoms with Crippen molar-refractivity contribution in [3.05, 3.63) is 0 Å². The first-order valence-corrected chi connectivity index (χ1v) is 7.93. The van der Waals surface area contributed by atoms with Crippen molar-refractivity contribution in [3.63, 3.8) is 0 Å². The Labute approximate surface area is 118 Å². The lowest BCUT2D eigenvalue weighted by atomic mass is 9.90. The molecule has 2 N–H and O–H groups in total. The largest absolute Gasteiger partial charge is 0.338 e. The van der Waals surface area contributed by atoms with Gasteiger partial charge in [-0.3, -0.25) is 0 Å². The summed E-state index contributed by atoms with van der Waals surface area (Å²) in [5.74, 6) is 0. The van der Waals surface area contributed by atoms with Crippen LogP contribution < -0.4 is 10.6 Å². The predicted molar refractivity (Wildman–Crippen MR) is 80.4 cm³/mol. The number of hydrogen-bond acceptors (Lipinski definition) is 2. The predicted octanol–water partition coefficient (Wildman–Crippen LogP) is 2.74. The molecule has 19 heavy (non-hydrogen) atoms. The van der Waals surface area contributed by atoms with Gasteiger partial charge in [-0.05, 0) is 45.1 Å². The lowest BCUT2D eigenvalue weighted by Gasteiger charge is -2.35. The van der Waals surface area contributed by atoms with E-state index in [4.69, 9.17) is 0 Å². The van der Waals surface area contributed by atoms with Gasteiger partial charge in [0.05, 0.1) is 0 Å². The molecule has 0 saturated heterocycles. The monoisotopic (exact) mass is 269 g/mol. The van der Waals surface area contributed by atoms with Gasteiger partial charge in [-0.15, -0.1) is 0 Å². The first-order valence-electron chi connectivity index (χ1n) is 7.93. The third-order valence-electron chi connectivity index (χ3n) is 4.05. The Hall–Kier alpha value is -0.770. The molecule has 112 valence electrons. The number of nitrogens with one attached hydrogen (secondary N) is 2. The SMILES string of the molecule is CCCCNC(=O)N(C)C1CCC(NCCC)CC1. The molecule has 0 unspecified atom stereocenters. The number of carbonyl (C=O) groups excluding carboxylic acids is 1. The molecule has 0 aliphatic heterocycles. The van der Waals surface area contributed by atoms with Gasteiger partial charge in [-0.25, -0.2) is 4.79 Å². The molecule has 0 spiro atoms. The molecular weight excluding hydrogens is 238 g/mol. The topological polar surface area (TPSA) is 44.4 Å². The fourth-order valence-corrected chi connectivity index (χ4v) is 2.68. The fraction of sp³-hybridized carbons (Fsp3) is 0.933. The van der Waals surface area contributed by atoms with E-state index in [1.807, 2.05) is 11.9 Å². The molecule has 1 saturated carbocycles. The highest BCUT2D eigenvalue weighted by Gasteiger charge is 2.25. The lowest BCUT2D eigenvalue weighted by molar-refractivity contribution is 0.166. The summed E-state index contributed by atoms with van der Waals surface area (Å²) in [6, 6.07) is 1.17. The van der Waals surface area contributed by atoms with Crippen molar-refractivity contribution in [1.29, 1.82) is 0 Å². The number of urea groups is 1. The highest BCUT2D eigenvalue weighted by molar-refractivity contribution is 5.74. The van der Waals surface area contributed by atoms with Gasteiger partial charge in [0.15, 0.2) is 0 Å². The molecule has 4 heteroatoms. The number of hydrogen-bond donors (Lipinski definition) is 2. The van der Waals surface area contributed by atoms with E-state index in [1.54, 1.807) is 0 Å². The molecule has 4 nitrogen and oxygen atoms in total. The van der Waals surface area contributed by atoms with Crippen LogP contribution in [0.4, 0.5) is 4.79 Å². The Morgan fingerprint density at radius 2 is 1.79 bits per heavy atom. The summed E-state index contributed by atoms with van der Waals surface area (Å²) in [6.07, 6.45) is 8.01. The summed E-state index contributed by atoms with van der Waals surface area (Å²) in [6.45, 7) is 6.25. The van der Waals surface area contributed by atoms with Crippen LogP contribution in [-0.4, -0.2) is 43.2 Å². The second-order valence-electron chi connectivity index (χ2n) is 5.66. The number of carbonyl (C=O) groups is 1. The minimum Gasteiger partial charge on any atom is -0.338 e. The number of unbranched alkanes of at least 4 members (excludes halogenated alkanes) is 1. The smallest absolute Gasteiger partial charge is 0.317 e. The van der Waals surface area contributed by atoms with Crippen molar-refractivity contribution >= 4 is 6.03 Å². The average molecular weight is 269 g/mol.